The van der Waals surface area contributed by atoms with Crippen molar-refractivity contribution in [2.45, 2.75) is 27.2 Å². The van der Waals surface area contributed by atoms with Crippen molar-refractivity contribution in [2.75, 3.05) is 5.33 Å². The average molecular weight is 291 g/mol. The van der Waals surface area contributed by atoms with Crippen molar-refractivity contribution in [1.29, 1.82) is 0 Å². The van der Waals surface area contributed by atoms with Crippen LogP contribution in [0.2, 0.25) is 0 Å². The molecule has 3 heteroatoms. The van der Waals surface area contributed by atoms with Crippen LogP contribution in [0.3, 0.4) is 0 Å². The van der Waals surface area contributed by atoms with Gasteiger partial charge in [-0.3, -0.25) is 0 Å². The minimum absolute atomic E-state index is 0.0260. The summed E-state index contributed by atoms with van der Waals surface area (Å²) < 4.78 is 27.0. The molecule has 90 valence electrons. The minimum Gasteiger partial charge on any atom is -0.207 e. The molecule has 1 rings (SSSR count). The Labute approximate surface area is 104 Å². The molecule has 0 aliphatic heterocycles. The molecule has 0 bridgehead atoms. The zero-order valence-electron chi connectivity index (χ0n) is 9.86. The lowest BCUT2D eigenvalue weighted by Gasteiger charge is -2.29. The largest absolute Gasteiger partial charge is 0.207 e. The van der Waals surface area contributed by atoms with Crippen LogP contribution in [0.15, 0.2) is 18.2 Å². The maximum atomic E-state index is 13.5. The summed E-state index contributed by atoms with van der Waals surface area (Å²) >= 11 is 3.41. The number of hydrogen-bond acceptors (Lipinski definition) is 0. The molecule has 0 amide bonds. The summed E-state index contributed by atoms with van der Waals surface area (Å²) in [7, 11) is 0. The van der Waals surface area contributed by atoms with Crippen molar-refractivity contribution >= 4 is 15.9 Å². The fraction of sp³-hybridized carbons (Fsp3) is 0.538. The highest BCUT2D eigenvalue weighted by atomic mass is 79.9. The number of rotatable bonds is 3. The van der Waals surface area contributed by atoms with Gasteiger partial charge in [0.25, 0.3) is 0 Å². The smallest absolute Gasteiger partial charge is 0.129 e. The van der Waals surface area contributed by atoms with Gasteiger partial charge in [-0.05, 0) is 29.9 Å². The molecule has 0 saturated carbocycles. The molecule has 1 atom stereocenters. The van der Waals surface area contributed by atoms with Crippen LogP contribution in [0.5, 0.6) is 0 Å². The van der Waals surface area contributed by atoms with Crippen molar-refractivity contribution < 1.29 is 8.78 Å². The Bertz CT molecular complexity index is 335. The van der Waals surface area contributed by atoms with Crippen molar-refractivity contribution in [3.05, 3.63) is 35.4 Å². The molecule has 0 heterocycles. The summed E-state index contributed by atoms with van der Waals surface area (Å²) in [5.41, 5.74) is 0.222. The Kier molecular flexibility index (Phi) is 4.48. The van der Waals surface area contributed by atoms with E-state index in [1.807, 2.05) is 0 Å². The van der Waals surface area contributed by atoms with E-state index in [9.17, 15) is 8.78 Å². The molecule has 0 N–H and O–H groups in total. The molecule has 0 aliphatic rings. The summed E-state index contributed by atoms with van der Waals surface area (Å²) in [5, 5.41) is 0.740. The Morgan fingerprint density at radius 1 is 1.19 bits per heavy atom. The highest BCUT2D eigenvalue weighted by Gasteiger charge is 2.25. The van der Waals surface area contributed by atoms with E-state index in [4.69, 9.17) is 0 Å². The van der Waals surface area contributed by atoms with E-state index in [0.29, 0.717) is 6.42 Å². The van der Waals surface area contributed by atoms with Gasteiger partial charge in [-0.25, -0.2) is 8.78 Å². The van der Waals surface area contributed by atoms with Crippen molar-refractivity contribution in [1.82, 2.24) is 0 Å². The van der Waals surface area contributed by atoms with E-state index in [1.165, 1.54) is 18.2 Å². The van der Waals surface area contributed by atoms with Gasteiger partial charge < -0.3 is 0 Å². The first kappa shape index (κ1) is 13.6. The molecule has 0 radical (unpaired) electrons. The molecule has 1 aromatic carbocycles. The molecule has 1 unspecified atom stereocenters. The minimum atomic E-state index is -0.449. The summed E-state index contributed by atoms with van der Waals surface area (Å²) in [6.45, 7) is 6.24. The Balaban J connectivity index is 2.95. The van der Waals surface area contributed by atoms with E-state index in [-0.39, 0.29) is 16.9 Å². The number of alkyl halides is 1. The standard InChI is InChI=1S/C13H17BrF2/c1-13(2,3)9(8-14)7-10-11(15)5-4-6-12(10)16/h4-6,9H,7-8H2,1-3H3. The zero-order chi connectivity index (χ0) is 12.3. The van der Waals surface area contributed by atoms with Gasteiger partial charge in [0.1, 0.15) is 11.6 Å². The second-order valence-corrected chi connectivity index (χ2v) is 5.77. The van der Waals surface area contributed by atoms with Crippen molar-refractivity contribution in [2.24, 2.45) is 11.3 Å². The predicted octanol–water partition coefficient (Wildman–Crippen LogP) is 4.56. The third-order valence-corrected chi connectivity index (χ3v) is 3.70. The second-order valence-electron chi connectivity index (χ2n) is 5.12. The summed E-state index contributed by atoms with van der Waals surface area (Å²) in [5.74, 6) is -0.690. The average Bonchev–Trinajstić information content (AvgIpc) is 2.15. The lowest BCUT2D eigenvalue weighted by molar-refractivity contribution is 0.262. The van der Waals surface area contributed by atoms with Gasteiger partial charge >= 0.3 is 0 Å². The monoisotopic (exact) mass is 290 g/mol. The maximum Gasteiger partial charge on any atom is 0.129 e. The molecular formula is C13H17BrF2. The normalized spacial score (nSPS) is 13.9. The quantitative estimate of drug-likeness (QED) is 0.716. The Morgan fingerprint density at radius 2 is 1.69 bits per heavy atom. The SMILES string of the molecule is CC(C)(C)C(CBr)Cc1c(F)cccc1F. The van der Waals surface area contributed by atoms with Crippen LogP contribution in [0.1, 0.15) is 26.3 Å². The van der Waals surface area contributed by atoms with E-state index in [0.717, 1.165) is 5.33 Å². The Hall–Kier alpha value is -0.440. The lowest BCUT2D eigenvalue weighted by Crippen LogP contribution is -2.24. The van der Waals surface area contributed by atoms with Gasteiger partial charge in [0, 0.05) is 10.9 Å². The van der Waals surface area contributed by atoms with Crippen LogP contribution in [0.4, 0.5) is 8.78 Å². The van der Waals surface area contributed by atoms with Gasteiger partial charge in [0.2, 0.25) is 0 Å². The van der Waals surface area contributed by atoms with Crippen LogP contribution >= 0.6 is 15.9 Å². The van der Waals surface area contributed by atoms with Crippen LogP contribution in [-0.2, 0) is 6.42 Å². The van der Waals surface area contributed by atoms with Crippen LogP contribution in [0.25, 0.3) is 0 Å². The number of hydrogen-bond donors (Lipinski definition) is 0. The lowest BCUT2D eigenvalue weighted by atomic mass is 9.78. The van der Waals surface area contributed by atoms with E-state index < -0.39 is 11.6 Å². The first-order chi connectivity index (χ1) is 7.36. The molecular weight excluding hydrogens is 274 g/mol. The van der Waals surface area contributed by atoms with E-state index in [1.54, 1.807) is 0 Å². The first-order valence-electron chi connectivity index (χ1n) is 5.35. The molecule has 0 spiro atoms. The fourth-order valence-corrected chi connectivity index (χ4v) is 2.77. The first-order valence-corrected chi connectivity index (χ1v) is 6.47. The molecule has 0 nitrogen and oxygen atoms in total. The Morgan fingerprint density at radius 3 is 2.06 bits per heavy atom. The van der Waals surface area contributed by atoms with Gasteiger partial charge in [-0.15, -0.1) is 0 Å². The molecule has 1 aromatic rings. The molecule has 0 fully saturated rings. The summed E-state index contributed by atoms with van der Waals surface area (Å²) in [4.78, 5) is 0. The van der Waals surface area contributed by atoms with Crippen molar-refractivity contribution in [3.8, 4) is 0 Å². The highest BCUT2D eigenvalue weighted by Crippen LogP contribution is 2.31. The number of benzene rings is 1. The summed E-state index contributed by atoms with van der Waals surface area (Å²) in [6, 6.07) is 4.02. The van der Waals surface area contributed by atoms with Crippen molar-refractivity contribution in [3.63, 3.8) is 0 Å². The molecule has 0 aliphatic carbocycles. The highest BCUT2D eigenvalue weighted by molar-refractivity contribution is 9.09. The van der Waals surface area contributed by atoms with Crippen LogP contribution < -0.4 is 0 Å². The van der Waals surface area contributed by atoms with Crippen LogP contribution in [-0.4, -0.2) is 5.33 Å². The molecule has 0 saturated heterocycles. The topological polar surface area (TPSA) is 0 Å². The van der Waals surface area contributed by atoms with Gasteiger partial charge in [0.15, 0.2) is 0 Å². The van der Waals surface area contributed by atoms with Gasteiger partial charge in [0.05, 0.1) is 0 Å². The third kappa shape index (κ3) is 3.27. The van der Waals surface area contributed by atoms with Gasteiger partial charge in [-0.2, -0.15) is 0 Å². The maximum absolute atomic E-state index is 13.5. The van der Waals surface area contributed by atoms with Crippen LogP contribution in [0, 0.1) is 23.0 Å². The van der Waals surface area contributed by atoms with Gasteiger partial charge in [-0.1, -0.05) is 42.8 Å². The number of halogens is 3. The van der Waals surface area contributed by atoms with E-state index >= 15 is 0 Å². The third-order valence-electron chi connectivity index (χ3n) is 2.92. The van der Waals surface area contributed by atoms with E-state index in [2.05, 4.69) is 36.7 Å². The molecule has 16 heavy (non-hydrogen) atoms. The second kappa shape index (κ2) is 5.26. The molecule has 0 aromatic heterocycles. The zero-order valence-corrected chi connectivity index (χ0v) is 11.4. The predicted molar refractivity (Wildman–Crippen MR) is 66.8 cm³/mol. The summed E-state index contributed by atoms with van der Waals surface area (Å²) in [6.07, 6.45) is 0.424. The fourth-order valence-electron chi connectivity index (χ4n) is 1.57.